The maximum Gasteiger partial charge on any atom is 0.169 e. The highest BCUT2D eigenvalue weighted by Gasteiger charge is 2.28. The lowest BCUT2D eigenvalue weighted by atomic mass is 10.0. The van der Waals surface area contributed by atoms with Crippen LogP contribution in [-0.4, -0.2) is 58.0 Å². The molecule has 0 aromatic heterocycles. The van der Waals surface area contributed by atoms with Gasteiger partial charge in [0, 0.05) is 11.1 Å². The Morgan fingerprint density at radius 2 is 1.15 bits per heavy atom. The zero-order valence-corrected chi connectivity index (χ0v) is 15.0. The van der Waals surface area contributed by atoms with Crippen molar-refractivity contribution in [3.63, 3.8) is 0 Å². The average molecular weight is 370 g/mol. The van der Waals surface area contributed by atoms with Crippen molar-refractivity contribution in [1.82, 2.24) is 0 Å². The van der Waals surface area contributed by atoms with Crippen LogP contribution in [0.15, 0.2) is 42.5 Å². The highest BCUT2D eigenvalue weighted by molar-refractivity contribution is 5.78. The van der Waals surface area contributed by atoms with Crippen LogP contribution in [0.2, 0.25) is 0 Å². The van der Waals surface area contributed by atoms with E-state index in [0.29, 0.717) is 31.3 Å². The second-order valence-corrected chi connectivity index (χ2v) is 6.93. The zero-order valence-electron chi connectivity index (χ0n) is 15.0. The topological polar surface area (TPSA) is 65.3 Å². The van der Waals surface area contributed by atoms with Crippen LogP contribution in [0.5, 0.6) is 17.2 Å². The Bertz CT molecular complexity index is 795. The molecule has 2 aromatic carbocycles. The van der Waals surface area contributed by atoms with Crippen molar-refractivity contribution in [2.45, 2.75) is 18.3 Å². The summed E-state index contributed by atoms with van der Waals surface area (Å²) < 4.78 is 33.9. The van der Waals surface area contributed by atoms with E-state index >= 15 is 0 Å². The fourth-order valence-corrected chi connectivity index (χ4v) is 2.84. The molecule has 2 aromatic rings. The third-order valence-corrected chi connectivity index (χ3v) is 4.63. The molecule has 6 heteroatoms. The molecule has 3 heterocycles. The third-order valence-electron chi connectivity index (χ3n) is 4.63. The van der Waals surface area contributed by atoms with Gasteiger partial charge in [0.1, 0.15) is 43.9 Å². The molecular formula is C21H22O6. The lowest BCUT2D eigenvalue weighted by Crippen LogP contribution is -2.10. The molecule has 3 aliphatic heterocycles. The van der Waals surface area contributed by atoms with Crippen molar-refractivity contribution in [2.24, 2.45) is 0 Å². The van der Waals surface area contributed by atoms with Crippen molar-refractivity contribution in [1.29, 1.82) is 0 Å². The smallest absolute Gasteiger partial charge is 0.169 e. The summed E-state index contributed by atoms with van der Waals surface area (Å²) in [5.41, 5.74) is 1.91. The van der Waals surface area contributed by atoms with Crippen LogP contribution in [0.1, 0.15) is 0 Å². The number of hydrogen-bond acceptors (Lipinski definition) is 6. The highest BCUT2D eigenvalue weighted by atomic mass is 16.6. The van der Waals surface area contributed by atoms with Crippen LogP contribution in [-0.2, 0) is 14.2 Å². The fourth-order valence-electron chi connectivity index (χ4n) is 2.84. The van der Waals surface area contributed by atoms with E-state index in [1.807, 2.05) is 42.5 Å². The van der Waals surface area contributed by atoms with Crippen molar-refractivity contribution in [2.75, 3.05) is 39.6 Å². The Kier molecular flexibility index (Phi) is 4.61. The number of epoxide rings is 3. The molecule has 27 heavy (non-hydrogen) atoms. The van der Waals surface area contributed by atoms with Gasteiger partial charge >= 0.3 is 0 Å². The lowest BCUT2D eigenvalue weighted by Gasteiger charge is -2.18. The SMILES string of the molecule is c1ccc(-c2cccc(OCC3CO3)c2OCC2CO2)c(OCC2CO2)c1. The molecule has 0 aliphatic carbocycles. The molecule has 0 spiro atoms. The molecule has 3 aliphatic rings. The summed E-state index contributed by atoms with van der Waals surface area (Å²) in [5, 5.41) is 0. The number of benzene rings is 2. The number of ether oxygens (including phenoxy) is 6. The van der Waals surface area contributed by atoms with E-state index in [1.54, 1.807) is 0 Å². The van der Waals surface area contributed by atoms with E-state index in [-0.39, 0.29) is 18.3 Å². The van der Waals surface area contributed by atoms with Gasteiger partial charge in [0.15, 0.2) is 11.5 Å². The molecule has 5 rings (SSSR count). The van der Waals surface area contributed by atoms with E-state index in [9.17, 15) is 0 Å². The van der Waals surface area contributed by atoms with Gasteiger partial charge in [0.2, 0.25) is 0 Å². The number of rotatable bonds is 10. The van der Waals surface area contributed by atoms with Gasteiger partial charge in [-0.05, 0) is 12.1 Å². The van der Waals surface area contributed by atoms with E-state index in [4.69, 9.17) is 28.4 Å². The van der Waals surface area contributed by atoms with Gasteiger partial charge in [-0.1, -0.05) is 30.3 Å². The first kappa shape index (κ1) is 16.9. The summed E-state index contributed by atoms with van der Waals surface area (Å²) >= 11 is 0. The molecule has 3 atom stereocenters. The summed E-state index contributed by atoms with van der Waals surface area (Å²) in [6.07, 6.45) is 0.549. The van der Waals surface area contributed by atoms with Crippen LogP contribution < -0.4 is 14.2 Å². The number of para-hydroxylation sites is 2. The first-order valence-electron chi connectivity index (χ1n) is 9.32. The molecule has 3 unspecified atom stereocenters. The average Bonchev–Trinajstić information content (AvgIpc) is 3.57. The first-order chi connectivity index (χ1) is 13.4. The van der Waals surface area contributed by atoms with E-state index in [0.717, 1.165) is 36.7 Å². The van der Waals surface area contributed by atoms with Gasteiger partial charge in [-0.2, -0.15) is 0 Å². The van der Waals surface area contributed by atoms with E-state index in [2.05, 4.69) is 0 Å². The van der Waals surface area contributed by atoms with Crippen molar-refractivity contribution in [3.8, 4) is 28.4 Å². The molecule has 142 valence electrons. The molecule has 0 radical (unpaired) electrons. The van der Waals surface area contributed by atoms with Crippen LogP contribution in [0, 0.1) is 0 Å². The second kappa shape index (κ2) is 7.38. The predicted octanol–water partition coefficient (Wildman–Crippen LogP) is 2.69. The highest BCUT2D eigenvalue weighted by Crippen LogP contribution is 2.42. The van der Waals surface area contributed by atoms with Gasteiger partial charge in [0.05, 0.1) is 19.8 Å². The molecule has 3 saturated heterocycles. The zero-order chi connectivity index (χ0) is 18.1. The largest absolute Gasteiger partial charge is 0.490 e. The summed E-state index contributed by atoms with van der Waals surface area (Å²) in [6, 6.07) is 13.9. The molecule has 0 amide bonds. The lowest BCUT2D eigenvalue weighted by molar-refractivity contribution is 0.228. The van der Waals surface area contributed by atoms with Crippen molar-refractivity contribution in [3.05, 3.63) is 42.5 Å². The van der Waals surface area contributed by atoms with Crippen molar-refractivity contribution < 1.29 is 28.4 Å². The first-order valence-corrected chi connectivity index (χ1v) is 9.32. The van der Waals surface area contributed by atoms with Crippen LogP contribution in [0.4, 0.5) is 0 Å². The predicted molar refractivity (Wildman–Crippen MR) is 97.6 cm³/mol. The molecule has 3 fully saturated rings. The molecule has 0 N–H and O–H groups in total. The second-order valence-electron chi connectivity index (χ2n) is 6.93. The van der Waals surface area contributed by atoms with Gasteiger partial charge in [-0.3, -0.25) is 0 Å². The minimum absolute atomic E-state index is 0.163. The van der Waals surface area contributed by atoms with E-state index in [1.165, 1.54) is 0 Å². The quantitative estimate of drug-likeness (QED) is 0.599. The van der Waals surface area contributed by atoms with Crippen molar-refractivity contribution >= 4 is 0 Å². The molecular weight excluding hydrogens is 348 g/mol. The Labute approximate surface area is 157 Å². The summed E-state index contributed by atoms with van der Waals surface area (Å²) in [7, 11) is 0. The summed E-state index contributed by atoms with van der Waals surface area (Å²) in [5.74, 6) is 2.24. The Hall–Kier alpha value is -2.28. The maximum absolute atomic E-state index is 6.12. The normalized spacial score (nSPS) is 25.0. The van der Waals surface area contributed by atoms with Gasteiger partial charge in [0.25, 0.3) is 0 Å². The molecule has 0 saturated carbocycles. The fraction of sp³-hybridized carbons (Fsp3) is 0.429. The van der Waals surface area contributed by atoms with Crippen LogP contribution >= 0.6 is 0 Å². The van der Waals surface area contributed by atoms with Gasteiger partial charge in [-0.15, -0.1) is 0 Å². The molecule has 0 bridgehead atoms. The maximum atomic E-state index is 6.12. The van der Waals surface area contributed by atoms with Crippen LogP contribution in [0.3, 0.4) is 0 Å². The Balaban J connectivity index is 1.44. The van der Waals surface area contributed by atoms with Gasteiger partial charge < -0.3 is 28.4 Å². The summed E-state index contributed by atoms with van der Waals surface area (Å²) in [4.78, 5) is 0. The summed E-state index contributed by atoms with van der Waals surface area (Å²) in [6.45, 7) is 3.85. The van der Waals surface area contributed by atoms with Crippen LogP contribution in [0.25, 0.3) is 11.1 Å². The number of hydrogen-bond donors (Lipinski definition) is 0. The standard InChI is InChI=1S/C21H22O6/c1-2-6-19(25-11-14-8-22-14)17(4-1)18-5-3-7-20(26-12-15-9-23-15)21(18)27-13-16-10-24-16/h1-7,14-16H,8-13H2. The minimum atomic E-state index is 0.163. The Morgan fingerprint density at radius 3 is 1.81 bits per heavy atom. The Morgan fingerprint density at radius 1 is 0.630 bits per heavy atom. The third kappa shape index (κ3) is 4.35. The van der Waals surface area contributed by atoms with E-state index < -0.39 is 0 Å². The monoisotopic (exact) mass is 370 g/mol. The van der Waals surface area contributed by atoms with Gasteiger partial charge in [-0.25, -0.2) is 0 Å². The minimum Gasteiger partial charge on any atom is -0.490 e. The molecule has 6 nitrogen and oxygen atoms in total.